The fourth-order valence-corrected chi connectivity index (χ4v) is 2.62. The quantitative estimate of drug-likeness (QED) is 0.518. The molecular weight excluding hydrogens is 310 g/mol. The van der Waals surface area contributed by atoms with Gasteiger partial charge in [0.25, 0.3) is 11.6 Å². The molecule has 1 N–H and O–H groups in total. The van der Waals surface area contributed by atoms with Crippen molar-refractivity contribution in [1.29, 1.82) is 0 Å². The number of hydrogen-bond acceptors (Lipinski definition) is 4. The number of urea groups is 1. The van der Waals surface area contributed by atoms with Crippen molar-refractivity contribution in [3.63, 3.8) is 0 Å². The molecule has 2 aromatic rings. The number of nitro groups is 1. The SMILES string of the molecule is O=C1N[C@@H](Cc2ccccc2)C(=O)N1Cc1ccc([N+](=O)[O-])cc1. The monoisotopic (exact) mass is 325 g/mol. The second-order valence-electron chi connectivity index (χ2n) is 5.54. The van der Waals surface area contributed by atoms with Crippen LogP contribution in [0.1, 0.15) is 11.1 Å². The number of nitrogens with one attached hydrogen (secondary N) is 1. The Labute approximate surface area is 138 Å². The summed E-state index contributed by atoms with van der Waals surface area (Å²) in [7, 11) is 0. The van der Waals surface area contributed by atoms with Gasteiger partial charge in [0.1, 0.15) is 6.04 Å². The van der Waals surface area contributed by atoms with Crippen LogP contribution in [0.5, 0.6) is 0 Å². The van der Waals surface area contributed by atoms with Gasteiger partial charge in [0.05, 0.1) is 11.5 Å². The largest absolute Gasteiger partial charge is 0.325 e. The Morgan fingerprint density at radius 1 is 1.00 bits per heavy atom. The summed E-state index contributed by atoms with van der Waals surface area (Å²) in [5.74, 6) is -0.290. The molecule has 0 unspecified atom stereocenters. The van der Waals surface area contributed by atoms with Crippen LogP contribution < -0.4 is 5.32 Å². The average molecular weight is 325 g/mol. The van der Waals surface area contributed by atoms with Crippen molar-refractivity contribution in [2.45, 2.75) is 19.0 Å². The van der Waals surface area contributed by atoms with E-state index in [-0.39, 0.29) is 18.1 Å². The summed E-state index contributed by atoms with van der Waals surface area (Å²) in [6, 6.07) is 14.2. The number of benzene rings is 2. The zero-order valence-corrected chi connectivity index (χ0v) is 12.7. The van der Waals surface area contributed by atoms with E-state index in [9.17, 15) is 19.7 Å². The van der Waals surface area contributed by atoms with E-state index in [1.165, 1.54) is 12.1 Å². The molecule has 1 aliphatic heterocycles. The molecule has 0 bridgehead atoms. The molecule has 0 saturated carbocycles. The number of carbonyl (C=O) groups is 2. The number of nitro benzene ring substituents is 1. The van der Waals surface area contributed by atoms with Crippen LogP contribution in [0.25, 0.3) is 0 Å². The number of amides is 3. The van der Waals surface area contributed by atoms with Gasteiger partial charge in [-0.25, -0.2) is 4.79 Å². The standard InChI is InChI=1S/C17H15N3O4/c21-16-15(10-12-4-2-1-3-5-12)18-17(22)19(16)11-13-6-8-14(9-7-13)20(23)24/h1-9,15H,10-11H2,(H,18,22)/t15-/m0/s1. The molecule has 0 radical (unpaired) electrons. The van der Waals surface area contributed by atoms with Gasteiger partial charge < -0.3 is 5.32 Å². The third kappa shape index (κ3) is 3.24. The summed E-state index contributed by atoms with van der Waals surface area (Å²) in [4.78, 5) is 35.8. The maximum Gasteiger partial charge on any atom is 0.325 e. The Morgan fingerprint density at radius 2 is 1.67 bits per heavy atom. The zero-order valence-electron chi connectivity index (χ0n) is 12.7. The fourth-order valence-electron chi connectivity index (χ4n) is 2.62. The van der Waals surface area contributed by atoms with Crippen molar-refractivity contribution in [3.05, 3.63) is 75.8 Å². The lowest BCUT2D eigenvalue weighted by atomic mass is 10.1. The van der Waals surface area contributed by atoms with Gasteiger partial charge in [-0.3, -0.25) is 19.8 Å². The summed E-state index contributed by atoms with van der Waals surface area (Å²) < 4.78 is 0. The number of nitrogens with zero attached hydrogens (tertiary/aromatic N) is 2. The van der Waals surface area contributed by atoms with Gasteiger partial charge in [-0.2, -0.15) is 0 Å². The topological polar surface area (TPSA) is 92.6 Å². The number of carbonyl (C=O) groups excluding carboxylic acids is 2. The lowest BCUT2D eigenvalue weighted by Crippen LogP contribution is -2.32. The van der Waals surface area contributed by atoms with Gasteiger partial charge in [-0.1, -0.05) is 42.5 Å². The van der Waals surface area contributed by atoms with Gasteiger partial charge in [0.2, 0.25) is 0 Å². The van der Waals surface area contributed by atoms with E-state index in [2.05, 4.69) is 5.32 Å². The lowest BCUT2D eigenvalue weighted by molar-refractivity contribution is -0.384. The Morgan fingerprint density at radius 3 is 2.29 bits per heavy atom. The summed E-state index contributed by atoms with van der Waals surface area (Å²) in [6.07, 6.45) is 0.433. The summed E-state index contributed by atoms with van der Waals surface area (Å²) in [6.45, 7) is 0.0912. The van der Waals surface area contributed by atoms with Gasteiger partial charge in [0, 0.05) is 18.6 Å². The zero-order chi connectivity index (χ0) is 17.1. The van der Waals surface area contributed by atoms with Crippen LogP contribution in [0.15, 0.2) is 54.6 Å². The molecule has 0 spiro atoms. The second-order valence-corrected chi connectivity index (χ2v) is 5.54. The highest BCUT2D eigenvalue weighted by Gasteiger charge is 2.37. The summed E-state index contributed by atoms with van der Waals surface area (Å²) >= 11 is 0. The molecule has 122 valence electrons. The molecule has 2 aromatic carbocycles. The van der Waals surface area contributed by atoms with Gasteiger partial charge in [0.15, 0.2) is 0 Å². The Hall–Kier alpha value is -3.22. The van der Waals surface area contributed by atoms with E-state index < -0.39 is 17.0 Å². The maximum absolute atomic E-state index is 12.4. The first-order valence-corrected chi connectivity index (χ1v) is 7.44. The third-order valence-electron chi connectivity index (χ3n) is 3.88. The van der Waals surface area contributed by atoms with Crippen LogP contribution in [-0.4, -0.2) is 27.8 Å². The number of imide groups is 1. The van der Waals surface area contributed by atoms with E-state index in [0.717, 1.165) is 10.5 Å². The highest BCUT2D eigenvalue weighted by molar-refractivity contribution is 6.04. The molecule has 1 aliphatic rings. The van der Waals surface area contributed by atoms with Crippen LogP contribution in [0.2, 0.25) is 0 Å². The van der Waals surface area contributed by atoms with Crippen LogP contribution in [0.4, 0.5) is 10.5 Å². The lowest BCUT2D eigenvalue weighted by Gasteiger charge is -2.13. The van der Waals surface area contributed by atoms with Crippen LogP contribution in [-0.2, 0) is 17.8 Å². The van der Waals surface area contributed by atoms with Gasteiger partial charge in [-0.15, -0.1) is 0 Å². The van der Waals surface area contributed by atoms with Crippen molar-refractivity contribution in [2.75, 3.05) is 0 Å². The molecule has 0 aliphatic carbocycles. The van der Waals surface area contributed by atoms with Gasteiger partial charge in [-0.05, 0) is 11.1 Å². The predicted molar refractivity (Wildman–Crippen MR) is 86.1 cm³/mol. The first kappa shape index (κ1) is 15.7. The van der Waals surface area contributed by atoms with Crippen molar-refractivity contribution < 1.29 is 14.5 Å². The van der Waals surface area contributed by atoms with E-state index in [0.29, 0.717) is 12.0 Å². The number of rotatable bonds is 5. The molecule has 3 amide bonds. The number of hydrogen-bond donors (Lipinski definition) is 1. The first-order valence-electron chi connectivity index (χ1n) is 7.44. The van der Waals surface area contributed by atoms with Crippen LogP contribution >= 0.6 is 0 Å². The van der Waals surface area contributed by atoms with Crippen molar-refractivity contribution in [1.82, 2.24) is 10.2 Å². The molecule has 24 heavy (non-hydrogen) atoms. The summed E-state index contributed by atoms with van der Waals surface area (Å²) in [5.41, 5.74) is 1.59. The molecule has 0 aromatic heterocycles. The molecule has 7 nitrogen and oxygen atoms in total. The van der Waals surface area contributed by atoms with E-state index >= 15 is 0 Å². The third-order valence-corrected chi connectivity index (χ3v) is 3.88. The highest BCUT2D eigenvalue weighted by atomic mass is 16.6. The normalized spacial score (nSPS) is 17.0. The van der Waals surface area contributed by atoms with Gasteiger partial charge >= 0.3 is 6.03 Å². The molecule has 7 heteroatoms. The molecule has 1 heterocycles. The van der Waals surface area contributed by atoms with Crippen LogP contribution in [0, 0.1) is 10.1 Å². The van der Waals surface area contributed by atoms with E-state index in [1.807, 2.05) is 30.3 Å². The minimum absolute atomic E-state index is 0.0297. The van der Waals surface area contributed by atoms with Crippen molar-refractivity contribution >= 4 is 17.6 Å². The Bertz CT molecular complexity index is 774. The Kier molecular flexibility index (Phi) is 4.24. The molecule has 1 fully saturated rings. The maximum atomic E-state index is 12.4. The van der Waals surface area contributed by atoms with E-state index in [4.69, 9.17) is 0 Å². The summed E-state index contributed by atoms with van der Waals surface area (Å²) in [5, 5.41) is 13.3. The number of non-ortho nitro benzene ring substituents is 1. The fraction of sp³-hybridized carbons (Fsp3) is 0.176. The van der Waals surface area contributed by atoms with Crippen molar-refractivity contribution in [3.8, 4) is 0 Å². The van der Waals surface area contributed by atoms with Crippen LogP contribution in [0.3, 0.4) is 0 Å². The molecular formula is C17H15N3O4. The molecule has 3 rings (SSSR count). The van der Waals surface area contributed by atoms with Crippen molar-refractivity contribution in [2.24, 2.45) is 0 Å². The minimum Gasteiger partial charge on any atom is -0.325 e. The predicted octanol–water partition coefficient (Wildman–Crippen LogP) is 2.26. The van der Waals surface area contributed by atoms with E-state index in [1.54, 1.807) is 12.1 Å². The highest BCUT2D eigenvalue weighted by Crippen LogP contribution is 2.17. The molecule has 1 atom stereocenters. The Balaban J connectivity index is 1.69. The minimum atomic E-state index is -0.585. The second kappa shape index (κ2) is 6.49. The average Bonchev–Trinajstić information content (AvgIpc) is 2.84. The molecule has 1 saturated heterocycles. The smallest absolute Gasteiger partial charge is 0.325 e. The first-order chi connectivity index (χ1) is 11.5.